The Morgan fingerprint density at radius 3 is 2.82 bits per heavy atom. The summed E-state index contributed by atoms with van der Waals surface area (Å²) in [6, 6.07) is 0.497. The first-order valence-electron chi connectivity index (χ1n) is 3.77. The van der Waals surface area contributed by atoms with Gasteiger partial charge in [0.25, 0.3) is 0 Å². The maximum absolute atomic E-state index is 3.94. The van der Waals surface area contributed by atoms with Crippen molar-refractivity contribution in [2.45, 2.75) is 26.4 Å². The summed E-state index contributed by atoms with van der Waals surface area (Å²) in [6.45, 7) is 5.01. The van der Waals surface area contributed by atoms with Gasteiger partial charge in [0.2, 0.25) is 0 Å². The Morgan fingerprint density at radius 1 is 1.64 bits per heavy atom. The van der Waals surface area contributed by atoms with E-state index in [1.807, 2.05) is 13.2 Å². The van der Waals surface area contributed by atoms with Crippen molar-refractivity contribution in [3.05, 3.63) is 11.9 Å². The third-order valence-electron chi connectivity index (χ3n) is 1.34. The third-order valence-corrected chi connectivity index (χ3v) is 1.34. The van der Waals surface area contributed by atoms with Gasteiger partial charge in [0, 0.05) is 25.8 Å². The van der Waals surface area contributed by atoms with E-state index < -0.39 is 0 Å². The van der Waals surface area contributed by atoms with Crippen LogP contribution in [-0.2, 0) is 13.6 Å². The molecular weight excluding hydrogens is 140 g/mol. The van der Waals surface area contributed by atoms with Gasteiger partial charge in [0.1, 0.15) is 0 Å². The first-order valence-corrected chi connectivity index (χ1v) is 3.77. The highest BCUT2D eigenvalue weighted by molar-refractivity contribution is 4.90. The molecule has 1 aromatic heterocycles. The van der Waals surface area contributed by atoms with Crippen LogP contribution in [0.2, 0.25) is 0 Å². The fraction of sp³-hybridized carbons (Fsp3) is 0.714. The van der Waals surface area contributed by atoms with Gasteiger partial charge in [0.15, 0.2) is 0 Å². The summed E-state index contributed by atoms with van der Waals surface area (Å²) in [4.78, 5) is 0. The van der Waals surface area contributed by atoms with Crippen molar-refractivity contribution in [2.24, 2.45) is 7.05 Å². The van der Waals surface area contributed by atoms with Crippen molar-refractivity contribution in [1.82, 2.24) is 20.3 Å². The maximum Gasteiger partial charge on any atom is 0.0964 e. The zero-order chi connectivity index (χ0) is 8.27. The molecule has 0 saturated heterocycles. The Balaban J connectivity index is 2.39. The van der Waals surface area contributed by atoms with Crippen molar-refractivity contribution in [3.63, 3.8) is 0 Å². The molecule has 0 aliphatic heterocycles. The molecule has 1 heterocycles. The topological polar surface area (TPSA) is 42.7 Å². The minimum absolute atomic E-state index is 0.497. The minimum Gasteiger partial charge on any atom is -0.309 e. The van der Waals surface area contributed by atoms with Crippen LogP contribution in [0.1, 0.15) is 19.5 Å². The summed E-state index contributed by atoms with van der Waals surface area (Å²) in [6.07, 6.45) is 1.91. The summed E-state index contributed by atoms with van der Waals surface area (Å²) in [7, 11) is 1.87. The van der Waals surface area contributed by atoms with Crippen molar-refractivity contribution in [1.29, 1.82) is 0 Å². The molecule has 0 unspecified atom stereocenters. The average Bonchev–Trinajstić information content (AvgIpc) is 2.31. The number of hydrogen-bond donors (Lipinski definition) is 1. The monoisotopic (exact) mass is 154 g/mol. The zero-order valence-electron chi connectivity index (χ0n) is 7.20. The predicted molar refractivity (Wildman–Crippen MR) is 43.0 cm³/mol. The standard InChI is InChI=1S/C7H14N4/c1-6(2)8-4-7-5-11(3)10-9-7/h5-6,8H,4H2,1-3H3. The predicted octanol–water partition coefficient (Wildman–Crippen LogP) is 0.313. The highest BCUT2D eigenvalue weighted by Gasteiger charge is 1.97. The Labute approximate surface area is 66.6 Å². The van der Waals surface area contributed by atoms with E-state index in [1.54, 1.807) is 4.68 Å². The summed E-state index contributed by atoms with van der Waals surface area (Å²) >= 11 is 0. The number of hydrogen-bond acceptors (Lipinski definition) is 3. The molecule has 0 fully saturated rings. The molecule has 4 heteroatoms. The smallest absolute Gasteiger partial charge is 0.0964 e. The normalized spacial score (nSPS) is 10.9. The SMILES string of the molecule is CC(C)NCc1cn(C)nn1. The minimum atomic E-state index is 0.497. The number of nitrogens with one attached hydrogen (secondary N) is 1. The van der Waals surface area contributed by atoms with Crippen LogP contribution in [0.3, 0.4) is 0 Å². The van der Waals surface area contributed by atoms with Gasteiger partial charge in [-0.1, -0.05) is 19.1 Å². The summed E-state index contributed by atoms with van der Waals surface area (Å²) in [5, 5.41) is 11.0. The third kappa shape index (κ3) is 2.67. The van der Waals surface area contributed by atoms with E-state index in [9.17, 15) is 0 Å². The lowest BCUT2D eigenvalue weighted by Gasteiger charge is -2.03. The van der Waals surface area contributed by atoms with Crippen LogP contribution in [0.25, 0.3) is 0 Å². The molecule has 0 aromatic carbocycles. The van der Waals surface area contributed by atoms with E-state index in [4.69, 9.17) is 0 Å². The summed E-state index contributed by atoms with van der Waals surface area (Å²) < 4.78 is 1.71. The van der Waals surface area contributed by atoms with Crippen molar-refractivity contribution < 1.29 is 0 Å². The van der Waals surface area contributed by atoms with E-state index in [0.29, 0.717) is 6.04 Å². The second-order valence-electron chi connectivity index (χ2n) is 2.92. The molecule has 0 aliphatic carbocycles. The largest absolute Gasteiger partial charge is 0.309 e. The molecule has 0 amide bonds. The van der Waals surface area contributed by atoms with E-state index in [1.165, 1.54) is 0 Å². The molecule has 1 rings (SSSR count). The second kappa shape index (κ2) is 3.48. The van der Waals surface area contributed by atoms with Crippen LogP contribution < -0.4 is 5.32 Å². The van der Waals surface area contributed by atoms with Gasteiger partial charge < -0.3 is 5.32 Å². The molecule has 0 radical (unpaired) electrons. The average molecular weight is 154 g/mol. The number of nitrogens with zero attached hydrogens (tertiary/aromatic N) is 3. The van der Waals surface area contributed by atoms with Crippen molar-refractivity contribution in [2.75, 3.05) is 0 Å². The quantitative estimate of drug-likeness (QED) is 0.681. The zero-order valence-corrected chi connectivity index (χ0v) is 7.20. The molecule has 62 valence electrons. The van der Waals surface area contributed by atoms with Gasteiger partial charge in [-0.25, -0.2) is 0 Å². The molecule has 1 aromatic rings. The first-order chi connectivity index (χ1) is 5.18. The maximum atomic E-state index is 3.94. The Kier molecular flexibility index (Phi) is 2.59. The molecule has 1 N–H and O–H groups in total. The van der Waals surface area contributed by atoms with E-state index >= 15 is 0 Å². The van der Waals surface area contributed by atoms with Crippen LogP contribution in [0.5, 0.6) is 0 Å². The fourth-order valence-electron chi connectivity index (χ4n) is 0.785. The van der Waals surface area contributed by atoms with Crippen LogP contribution in [0.4, 0.5) is 0 Å². The lowest BCUT2D eigenvalue weighted by atomic mass is 10.4. The number of aromatic nitrogens is 3. The number of rotatable bonds is 3. The lowest BCUT2D eigenvalue weighted by molar-refractivity contribution is 0.580. The van der Waals surface area contributed by atoms with Gasteiger partial charge in [-0.2, -0.15) is 0 Å². The van der Waals surface area contributed by atoms with Gasteiger partial charge in [-0.05, 0) is 0 Å². The second-order valence-corrected chi connectivity index (χ2v) is 2.92. The van der Waals surface area contributed by atoms with Crippen molar-refractivity contribution in [3.8, 4) is 0 Å². The van der Waals surface area contributed by atoms with Gasteiger partial charge >= 0.3 is 0 Å². The van der Waals surface area contributed by atoms with Crippen LogP contribution in [0, 0.1) is 0 Å². The highest BCUT2D eigenvalue weighted by atomic mass is 15.4. The fourth-order valence-corrected chi connectivity index (χ4v) is 0.785. The van der Waals surface area contributed by atoms with Crippen molar-refractivity contribution >= 4 is 0 Å². The van der Waals surface area contributed by atoms with E-state index in [2.05, 4.69) is 29.5 Å². The van der Waals surface area contributed by atoms with Crippen LogP contribution >= 0.6 is 0 Å². The molecule has 0 spiro atoms. The molecule has 0 saturated carbocycles. The molecule has 11 heavy (non-hydrogen) atoms. The number of aryl methyl sites for hydroxylation is 1. The molecule has 0 bridgehead atoms. The van der Waals surface area contributed by atoms with Gasteiger partial charge in [-0.3, -0.25) is 4.68 Å². The van der Waals surface area contributed by atoms with Gasteiger partial charge in [0.05, 0.1) is 5.69 Å². The van der Waals surface area contributed by atoms with E-state index in [0.717, 1.165) is 12.2 Å². The molecule has 0 atom stereocenters. The Morgan fingerprint density at radius 2 is 2.36 bits per heavy atom. The van der Waals surface area contributed by atoms with Gasteiger partial charge in [-0.15, -0.1) is 5.10 Å². The molecule has 4 nitrogen and oxygen atoms in total. The van der Waals surface area contributed by atoms with E-state index in [-0.39, 0.29) is 0 Å². The Hall–Kier alpha value is -0.900. The summed E-state index contributed by atoms with van der Waals surface area (Å²) in [5.41, 5.74) is 0.987. The van der Waals surface area contributed by atoms with Crippen LogP contribution in [0.15, 0.2) is 6.20 Å². The van der Waals surface area contributed by atoms with Crippen LogP contribution in [-0.4, -0.2) is 21.0 Å². The summed E-state index contributed by atoms with van der Waals surface area (Å²) in [5.74, 6) is 0. The first kappa shape index (κ1) is 8.20. The highest BCUT2D eigenvalue weighted by Crippen LogP contribution is 1.90. The Bertz CT molecular complexity index is 216. The lowest BCUT2D eigenvalue weighted by Crippen LogP contribution is -2.21. The molecule has 0 aliphatic rings. The molecular formula is C7H14N4.